The molecule has 0 aliphatic heterocycles. The molecule has 0 spiro atoms. The molecule has 0 N–H and O–H groups in total. The number of hydrogen-bond acceptors (Lipinski definition) is 3. The van der Waals surface area contributed by atoms with Gasteiger partial charge >= 0.3 is 0 Å². The molecule has 16 heavy (non-hydrogen) atoms. The molecule has 1 heterocycles. The lowest BCUT2D eigenvalue weighted by atomic mass is 9.85. The van der Waals surface area contributed by atoms with Gasteiger partial charge in [-0.25, -0.2) is 4.68 Å². The van der Waals surface area contributed by atoms with Crippen LogP contribution in [0.1, 0.15) is 36.2 Å². The Labute approximate surface area is 103 Å². The molecule has 3 unspecified atom stereocenters. The molecule has 4 nitrogen and oxygen atoms in total. The van der Waals surface area contributed by atoms with Gasteiger partial charge in [-0.15, -0.1) is 5.10 Å². The Morgan fingerprint density at radius 3 is 2.75 bits per heavy atom. The second-order valence-corrected chi connectivity index (χ2v) is 5.75. The van der Waals surface area contributed by atoms with Crippen molar-refractivity contribution < 1.29 is 4.79 Å². The average molecular weight is 284 g/mol. The Morgan fingerprint density at radius 2 is 2.25 bits per heavy atom. The molecule has 5 heteroatoms. The molecule has 2 fully saturated rings. The fourth-order valence-electron chi connectivity index (χ4n) is 3.33. The van der Waals surface area contributed by atoms with Gasteiger partial charge in [0.1, 0.15) is 5.69 Å². The number of carbonyl (C=O) groups is 1. The number of aryl methyl sites for hydroxylation is 1. The lowest BCUT2D eigenvalue weighted by Gasteiger charge is -2.19. The van der Waals surface area contributed by atoms with Gasteiger partial charge in [0.25, 0.3) is 0 Å². The van der Waals surface area contributed by atoms with Gasteiger partial charge in [-0.2, -0.15) is 0 Å². The Balaban J connectivity index is 1.89. The number of aromatic nitrogens is 3. The molecule has 1 aromatic heterocycles. The first kappa shape index (κ1) is 10.4. The second kappa shape index (κ2) is 3.65. The van der Waals surface area contributed by atoms with Crippen LogP contribution in [-0.4, -0.2) is 20.8 Å². The average Bonchev–Trinajstić information content (AvgIpc) is 2.93. The second-order valence-electron chi connectivity index (χ2n) is 5.00. The highest BCUT2D eigenvalue weighted by Crippen LogP contribution is 2.49. The summed E-state index contributed by atoms with van der Waals surface area (Å²) in [5.41, 5.74) is 0.637. The van der Waals surface area contributed by atoms with Crippen LogP contribution in [0.5, 0.6) is 0 Å². The van der Waals surface area contributed by atoms with Gasteiger partial charge in [0, 0.05) is 13.0 Å². The minimum Gasteiger partial charge on any atom is -0.292 e. The Bertz CT molecular complexity index is 423. The van der Waals surface area contributed by atoms with Crippen molar-refractivity contribution in [2.75, 3.05) is 0 Å². The normalized spacial score (nSPS) is 32.2. The molecule has 0 radical (unpaired) electrons. The molecule has 86 valence electrons. The monoisotopic (exact) mass is 283 g/mol. The van der Waals surface area contributed by atoms with E-state index in [1.54, 1.807) is 11.7 Å². The van der Waals surface area contributed by atoms with Gasteiger partial charge in [-0.3, -0.25) is 4.79 Å². The lowest BCUT2D eigenvalue weighted by molar-refractivity contribution is 0.0864. The first-order valence-corrected chi connectivity index (χ1v) is 6.55. The number of fused-ring (bicyclic) bond motifs is 2. The van der Waals surface area contributed by atoms with Crippen molar-refractivity contribution >= 4 is 21.7 Å². The fourth-order valence-corrected chi connectivity index (χ4v) is 3.86. The van der Waals surface area contributed by atoms with E-state index in [0.29, 0.717) is 16.2 Å². The van der Waals surface area contributed by atoms with Crippen LogP contribution in [0.2, 0.25) is 0 Å². The first-order valence-electron chi connectivity index (χ1n) is 5.76. The molecule has 3 atom stereocenters. The fraction of sp³-hybridized carbons (Fsp3) is 0.727. The van der Waals surface area contributed by atoms with E-state index < -0.39 is 0 Å². The van der Waals surface area contributed by atoms with Crippen LogP contribution in [0.4, 0.5) is 0 Å². The van der Waals surface area contributed by atoms with Crippen molar-refractivity contribution in [3.63, 3.8) is 0 Å². The van der Waals surface area contributed by atoms with Crippen molar-refractivity contribution in [1.82, 2.24) is 15.0 Å². The summed E-state index contributed by atoms with van der Waals surface area (Å²) < 4.78 is 2.17. The molecule has 2 aliphatic carbocycles. The Hall–Kier alpha value is -0.710. The van der Waals surface area contributed by atoms with Crippen molar-refractivity contribution in [3.05, 3.63) is 10.3 Å². The smallest absolute Gasteiger partial charge is 0.187 e. The van der Waals surface area contributed by atoms with E-state index in [-0.39, 0.29) is 11.7 Å². The lowest BCUT2D eigenvalue weighted by Crippen LogP contribution is -2.23. The molecule has 1 aromatic rings. The third-order valence-corrected chi connectivity index (χ3v) is 4.63. The zero-order chi connectivity index (χ0) is 11.3. The van der Waals surface area contributed by atoms with Crippen molar-refractivity contribution in [3.8, 4) is 0 Å². The van der Waals surface area contributed by atoms with Crippen LogP contribution < -0.4 is 0 Å². The molecule has 0 saturated heterocycles. The molecule has 2 saturated carbocycles. The van der Waals surface area contributed by atoms with E-state index in [9.17, 15) is 4.79 Å². The SMILES string of the molecule is Cn1nnc(Br)c1C(=O)C1CC2CCC1C2. The van der Waals surface area contributed by atoms with Gasteiger partial charge in [-0.1, -0.05) is 11.6 Å². The topological polar surface area (TPSA) is 47.8 Å². The predicted molar refractivity (Wildman–Crippen MR) is 62.0 cm³/mol. The van der Waals surface area contributed by atoms with Crippen LogP contribution >= 0.6 is 15.9 Å². The summed E-state index contributed by atoms with van der Waals surface area (Å²) in [7, 11) is 1.78. The number of ketones is 1. The van der Waals surface area contributed by atoms with Crippen LogP contribution in [-0.2, 0) is 7.05 Å². The van der Waals surface area contributed by atoms with E-state index in [2.05, 4.69) is 26.2 Å². The van der Waals surface area contributed by atoms with Crippen molar-refractivity contribution in [2.24, 2.45) is 24.8 Å². The van der Waals surface area contributed by atoms with E-state index >= 15 is 0 Å². The number of Topliss-reactive ketones (excluding diaryl/α,β-unsaturated/α-hetero) is 1. The Morgan fingerprint density at radius 1 is 1.44 bits per heavy atom. The summed E-state index contributed by atoms with van der Waals surface area (Å²) in [6.45, 7) is 0. The standard InChI is InChI=1S/C11H14BrN3O/c1-15-9(11(12)13-14-15)10(16)8-5-6-2-3-7(8)4-6/h6-8H,2-5H2,1H3. The van der Waals surface area contributed by atoms with Gasteiger partial charge in [0.2, 0.25) is 0 Å². The van der Waals surface area contributed by atoms with E-state index in [4.69, 9.17) is 0 Å². The Kier molecular flexibility index (Phi) is 2.38. The largest absolute Gasteiger partial charge is 0.292 e. The molecule has 0 aromatic carbocycles. The maximum atomic E-state index is 12.4. The molecule has 3 rings (SSSR count). The van der Waals surface area contributed by atoms with Gasteiger partial charge in [-0.05, 0) is 47.0 Å². The van der Waals surface area contributed by atoms with E-state index in [1.807, 2.05) is 0 Å². The summed E-state index contributed by atoms with van der Waals surface area (Å²) in [6.07, 6.45) is 4.86. The van der Waals surface area contributed by atoms with E-state index in [0.717, 1.165) is 12.3 Å². The van der Waals surface area contributed by atoms with Crippen molar-refractivity contribution in [1.29, 1.82) is 0 Å². The summed E-state index contributed by atoms with van der Waals surface area (Å²) in [5.74, 6) is 1.84. The summed E-state index contributed by atoms with van der Waals surface area (Å²) in [5, 5.41) is 7.75. The maximum Gasteiger partial charge on any atom is 0.187 e. The third kappa shape index (κ3) is 1.44. The molecule has 2 bridgehead atoms. The highest BCUT2D eigenvalue weighted by atomic mass is 79.9. The third-order valence-electron chi connectivity index (χ3n) is 4.09. The van der Waals surface area contributed by atoms with Crippen LogP contribution in [0, 0.1) is 17.8 Å². The van der Waals surface area contributed by atoms with Gasteiger partial charge < -0.3 is 0 Å². The first-order chi connectivity index (χ1) is 7.66. The number of rotatable bonds is 2. The number of hydrogen-bond donors (Lipinski definition) is 0. The molecular weight excluding hydrogens is 270 g/mol. The van der Waals surface area contributed by atoms with Crippen molar-refractivity contribution in [2.45, 2.75) is 25.7 Å². The van der Waals surface area contributed by atoms with E-state index in [1.165, 1.54) is 19.3 Å². The summed E-state index contributed by atoms with van der Waals surface area (Å²) in [6, 6.07) is 0. The number of halogens is 1. The van der Waals surface area contributed by atoms with Crippen LogP contribution in [0.25, 0.3) is 0 Å². The zero-order valence-electron chi connectivity index (χ0n) is 9.19. The predicted octanol–water partition coefficient (Wildman–Crippen LogP) is 2.20. The van der Waals surface area contributed by atoms with Crippen LogP contribution in [0.3, 0.4) is 0 Å². The highest BCUT2D eigenvalue weighted by Gasteiger charge is 2.44. The highest BCUT2D eigenvalue weighted by molar-refractivity contribution is 9.10. The zero-order valence-corrected chi connectivity index (χ0v) is 10.8. The molecule has 2 aliphatic rings. The van der Waals surface area contributed by atoms with Crippen LogP contribution in [0.15, 0.2) is 4.60 Å². The molecule has 0 amide bonds. The minimum absolute atomic E-state index is 0.215. The minimum atomic E-state index is 0.215. The number of carbonyl (C=O) groups excluding carboxylic acids is 1. The summed E-state index contributed by atoms with van der Waals surface area (Å²) >= 11 is 3.30. The van der Waals surface area contributed by atoms with Gasteiger partial charge in [0.05, 0.1) is 0 Å². The molecular formula is C11H14BrN3O. The van der Waals surface area contributed by atoms with Gasteiger partial charge in [0.15, 0.2) is 10.4 Å². The number of nitrogens with zero attached hydrogens (tertiary/aromatic N) is 3. The summed E-state index contributed by atoms with van der Waals surface area (Å²) in [4.78, 5) is 12.4. The maximum absolute atomic E-state index is 12.4. The quantitative estimate of drug-likeness (QED) is 0.782.